The second kappa shape index (κ2) is 4.84. The number of rotatable bonds is 2. The summed E-state index contributed by atoms with van der Waals surface area (Å²) in [4.78, 5) is 37.1. The molecule has 1 aromatic rings. The Labute approximate surface area is 130 Å². The fourth-order valence-corrected chi connectivity index (χ4v) is 3.54. The van der Waals surface area contributed by atoms with E-state index in [9.17, 15) is 18.8 Å². The van der Waals surface area contributed by atoms with Crippen molar-refractivity contribution in [1.82, 2.24) is 10.3 Å². The van der Waals surface area contributed by atoms with E-state index >= 15 is 0 Å². The van der Waals surface area contributed by atoms with Gasteiger partial charge in [-0.15, -0.1) is 0 Å². The number of ketones is 1. The zero-order chi connectivity index (χ0) is 16.1. The van der Waals surface area contributed by atoms with Gasteiger partial charge in [-0.05, 0) is 30.3 Å². The van der Waals surface area contributed by atoms with Crippen molar-refractivity contribution >= 4 is 23.8 Å². The molecule has 0 radical (unpaired) electrons. The third kappa shape index (κ3) is 1.93. The summed E-state index contributed by atoms with van der Waals surface area (Å²) < 4.78 is 13.1. The summed E-state index contributed by atoms with van der Waals surface area (Å²) in [7, 11) is 0. The molecular formula is C16H12FN3O3. The largest absolute Gasteiger partial charge is 0.296 e. The van der Waals surface area contributed by atoms with E-state index in [1.807, 2.05) is 0 Å². The van der Waals surface area contributed by atoms with Crippen molar-refractivity contribution in [3.05, 3.63) is 47.8 Å². The number of hydrazone groups is 1. The van der Waals surface area contributed by atoms with Crippen LogP contribution in [0.25, 0.3) is 0 Å². The normalized spacial score (nSPS) is 31.1. The first-order valence-corrected chi connectivity index (χ1v) is 7.21. The number of nitrogens with zero attached hydrogens (tertiary/aromatic N) is 2. The number of amides is 2. The average Bonchev–Trinajstić information content (AvgIpc) is 3.03. The van der Waals surface area contributed by atoms with Gasteiger partial charge in [0.15, 0.2) is 5.78 Å². The zero-order valence-electron chi connectivity index (χ0n) is 11.8. The molecule has 0 aliphatic carbocycles. The molecule has 3 heterocycles. The van der Waals surface area contributed by atoms with E-state index in [0.717, 1.165) is 0 Å². The maximum absolute atomic E-state index is 13.1. The van der Waals surface area contributed by atoms with Gasteiger partial charge in [0.2, 0.25) is 11.8 Å². The van der Waals surface area contributed by atoms with Gasteiger partial charge in [-0.3, -0.25) is 24.7 Å². The van der Waals surface area contributed by atoms with Gasteiger partial charge in [-0.1, -0.05) is 6.08 Å². The maximum atomic E-state index is 13.1. The average molecular weight is 313 g/mol. The van der Waals surface area contributed by atoms with Crippen molar-refractivity contribution in [3.63, 3.8) is 0 Å². The van der Waals surface area contributed by atoms with E-state index in [1.165, 1.54) is 35.5 Å². The highest BCUT2D eigenvalue weighted by molar-refractivity contribution is 6.11. The molecule has 4 atom stereocenters. The molecule has 23 heavy (non-hydrogen) atoms. The van der Waals surface area contributed by atoms with Gasteiger partial charge in [0.05, 0.1) is 17.9 Å². The Bertz CT molecular complexity index is 771. The molecule has 1 aromatic carbocycles. The molecule has 116 valence electrons. The van der Waals surface area contributed by atoms with Gasteiger partial charge in [0, 0.05) is 11.8 Å². The topological polar surface area (TPSA) is 78.8 Å². The van der Waals surface area contributed by atoms with Crippen molar-refractivity contribution in [2.24, 2.45) is 16.9 Å². The summed E-state index contributed by atoms with van der Waals surface area (Å²) in [5.41, 5.74) is 0.285. The summed E-state index contributed by atoms with van der Waals surface area (Å²) in [6.45, 7) is 0. The van der Waals surface area contributed by atoms with Gasteiger partial charge >= 0.3 is 0 Å². The van der Waals surface area contributed by atoms with E-state index in [0.29, 0.717) is 0 Å². The Morgan fingerprint density at radius 1 is 1.13 bits per heavy atom. The van der Waals surface area contributed by atoms with E-state index in [1.54, 1.807) is 12.2 Å². The van der Waals surface area contributed by atoms with Gasteiger partial charge in [-0.2, -0.15) is 5.10 Å². The first kappa shape index (κ1) is 13.8. The molecule has 3 aliphatic rings. The molecular weight excluding hydrogens is 301 g/mol. The molecule has 0 aromatic heterocycles. The first-order chi connectivity index (χ1) is 11.1. The highest BCUT2D eigenvalue weighted by Gasteiger charge is 2.61. The molecule has 7 heteroatoms. The third-order valence-corrected chi connectivity index (χ3v) is 4.53. The van der Waals surface area contributed by atoms with Crippen molar-refractivity contribution in [1.29, 1.82) is 0 Å². The van der Waals surface area contributed by atoms with Crippen LogP contribution in [0.15, 0.2) is 41.5 Å². The Morgan fingerprint density at radius 2 is 1.83 bits per heavy atom. The number of hydrogen-bond donors (Lipinski definition) is 1. The van der Waals surface area contributed by atoms with Crippen LogP contribution in [0.3, 0.4) is 0 Å². The van der Waals surface area contributed by atoms with Crippen LogP contribution in [0.4, 0.5) is 4.39 Å². The lowest BCUT2D eigenvalue weighted by atomic mass is 9.86. The molecule has 0 saturated carbocycles. The monoisotopic (exact) mass is 313 g/mol. The Balaban J connectivity index is 1.76. The number of benzene rings is 1. The fourth-order valence-electron chi connectivity index (χ4n) is 3.54. The van der Waals surface area contributed by atoms with Gasteiger partial charge in [0.25, 0.3) is 0 Å². The third-order valence-electron chi connectivity index (χ3n) is 4.53. The number of nitrogens with one attached hydrogen (secondary N) is 1. The maximum Gasteiger partial charge on any atom is 0.233 e. The summed E-state index contributed by atoms with van der Waals surface area (Å²) in [5, 5.41) is 7.99. The SMILES string of the molecule is O=C1NC(=O)[C@H]2[C@@H]1[C@H](C(=O)c1ccc(F)cc1)N1N=CC=C[C@H]21. The smallest absolute Gasteiger partial charge is 0.233 e. The highest BCUT2D eigenvalue weighted by Crippen LogP contribution is 2.42. The molecule has 2 amide bonds. The van der Waals surface area contributed by atoms with E-state index in [4.69, 9.17) is 0 Å². The van der Waals surface area contributed by atoms with Crippen LogP contribution in [0.5, 0.6) is 0 Å². The minimum absolute atomic E-state index is 0.285. The van der Waals surface area contributed by atoms with E-state index in [2.05, 4.69) is 10.4 Å². The quantitative estimate of drug-likeness (QED) is 0.637. The lowest BCUT2D eigenvalue weighted by molar-refractivity contribution is -0.127. The van der Waals surface area contributed by atoms with Crippen LogP contribution in [0.1, 0.15) is 10.4 Å². The predicted octanol–water partition coefficient (Wildman–Crippen LogP) is 0.506. The van der Waals surface area contributed by atoms with Crippen molar-refractivity contribution in [2.75, 3.05) is 0 Å². The van der Waals surface area contributed by atoms with Crippen LogP contribution in [-0.4, -0.2) is 40.9 Å². The summed E-state index contributed by atoms with van der Waals surface area (Å²) >= 11 is 0. The molecule has 6 nitrogen and oxygen atoms in total. The molecule has 0 unspecified atom stereocenters. The molecule has 3 aliphatic heterocycles. The number of fused-ring (bicyclic) bond motifs is 3. The van der Waals surface area contributed by atoms with E-state index in [-0.39, 0.29) is 17.3 Å². The number of imide groups is 1. The van der Waals surface area contributed by atoms with Crippen LogP contribution in [-0.2, 0) is 9.59 Å². The van der Waals surface area contributed by atoms with Crippen LogP contribution < -0.4 is 5.32 Å². The summed E-state index contributed by atoms with van der Waals surface area (Å²) in [6, 6.07) is 3.83. The summed E-state index contributed by atoms with van der Waals surface area (Å²) in [6.07, 6.45) is 4.98. The van der Waals surface area contributed by atoms with Gasteiger partial charge in [-0.25, -0.2) is 4.39 Å². The number of carbonyl (C=O) groups excluding carboxylic acids is 3. The second-order valence-corrected chi connectivity index (χ2v) is 5.74. The predicted molar refractivity (Wildman–Crippen MR) is 77.9 cm³/mol. The Morgan fingerprint density at radius 3 is 2.57 bits per heavy atom. The molecule has 1 N–H and O–H groups in total. The lowest BCUT2D eigenvalue weighted by Crippen LogP contribution is -2.44. The minimum atomic E-state index is -0.872. The zero-order valence-corrected chi connectivity index (χ0v) is 11.8. The van der Waals surface area contributed by atoms with Crippen LogP contribution in [0, 0.1) is 17.7 Å². The van der Waals surface area contributed by atoms with Crippen molar-refractivity contribution in [2.45, 2.75) is 12.1 Å². The number of allylic oxidation sites excluding steroid dienone is 1. The summed E-state index contributed by atoms with van der Waals surface area (Å²) in [5.74, 6) is -3.06. The van der Waals surface area contributed by atoms with Crippen molar-refractivity contribution in [3.8, 4) is 0 Å². The standard InChI is InChI=1S/C16H12FN3O3/c17-9-5-3-8(4-6-9)14(21)13-12-11(15(22)19-16(12)23)10-2-1-7-18-20(10)13/h1-7,10-13H,(H,19,22,23)/t10-,11-,12-,13-/m1/s1. The van der Waals surface area contributed by atoms with E-state index < -0.39 is 35.6 Å². The molecule has 0 spiro atoms. The highest BCUT2D eigenvalue weighted by atomic mass is 19.1. The van der Waals surface area contributed by atoms with Crippen LogP contribution in [0.2, 0.25) is 0 Å². The number of Topliss-reactive ketones (excluding diaryl/α,β-unsaturated/α-hetero) is 1. The van der Waals surface area contributed by atoms with Gasteiger partial charge in [0.1, 0.15) is 11.9 Å². The molecule has 2 fully saturated rings. The Hall–Kier alpha value is -2.83. The van der Waals surface area contributed by atoms with Crippen LogP contribution >= 0.6 is 0 Å². The fraction of sp³-hybridized carbons (Fsp3) is 0.250. The van der Waals surface area contributed by atoms with Gasteiger partial charge < -0.3 is 0 Å². The number of hydrogen-bond acceptors (Lipinski definition) is 5. The minimum Gasteiger partial charge on any atom is -0.296 e. The first-order valence-electron chi connectivity index (χ1n) is 7.21. The Kier molecular flexibility index (Phi) is 2.90. The molecule has 0 bridgehead atoms. The number of halogens is 1. The number of carbonyl (C=O) groups is 3. The van der Waals surface area contributed by atoms with Crippen molar-refractivity contribution < 1.29 is 18.8 Å². The second-order valence-electron chi connectivity index (χ2n) is 5.74. The lowest BCUT2D eigenvalue weighted by Gasteiger charge is -2.28. The molecule has 4 rings (SSSR count). The molecule has 2 saturated heterocycles.